The Bertz CT molecular complexity index is 678. The molecule has 6 heteroatoms. The van der Waals surface area contributed by atoms with Gasteiger partial charge in [-0.1, -0.05) is 0 Å². The summed E-state index contributed by atoms with van der Waals surface area (Å²) in [4.78, 5) is 18.0. The van der Waals surface area contributed by atoms with E-state index in [-0.39, 0.29) is 17.5 Å². The highest BCUT2D eigenvalue weighted by atomic mass is 19.2. The number of anilines is 1. The fourth-order valence-corrected chi connectivity index (χ4v) is 2.56. The van der Waals surface area contributed by atoms with Gasteiger partial charge < -0.3 is 10.2 Å². The van der Waals surface area contributed by atoms with E-state index in [1.54, 1.807) is 17.3 Å². The lowest BCUT2D eigenvalue weighted by Crippen LogP contribution is -2.31. The largest absolute Gasteiger partial charge is 0.379 e. The molecule has 1 fully saturated rings. The van der Waals surface area contributed by atoms with Crippen molar-refractivity contribution in [2.45, 2.75) is 12.5 Å². The smallest absolute Gasteiger partial charge is 0.254 e. The molecule has 1 N–H and O–H groups in total. The van der Waals surface area contributed by atoms with Gasteiger partial charge in [0, 0.05) is 37.1 Å². The van der Waals surface area contributed by atoms with Crippen LogP contribution in [0.2, 0.25) is 0 Å². The third kappa shape index (κ3) is 3.05. The predicted octanol–water partition coefficient (Wildman–Crippen LogP) is 2.69. The van der Waals surface area contributed by atoms with Crippen LogP contribution in [0.3, 0.4) is 0 Å². The Morgan fingerprint density at radius 1 is 1.27 bits per heavy atom. The van der Waals surface area contributed by atoms with Gasteiger partial charge in [-0.2, -0.15) is 0 Å². The van der Waals surface area contributed by atoms with E-state index < -0.39 is 11.6 Å². The van der Waals surface area contributed by atoms with Crippen molar-refractivity contribution < 1.29 is 13.6 Å². The summed E-state index contributed by atoms with van der Waals surface area (Å²) in [7, 11) is 0. The number of nitrogens with one attached hydrogen (secondary N) is 1. The lowest BCUT2D eigenvalue weighted by atomic mass is 10.2. The molecule has 1 aromatic heterocycles. The molecule has 0 spiro atoms. The quantitative estimate of drug-likeness (QED) is 0.948. The van der Waals surface area contributed by atoms with Gasteiger partial charge >= 0.3 is 0 Å². The highest BCUT2D eigenvalue weighted by Gasteiger charge is 2.27. The lowest BCUT2D eigenvalue weighted by Gasteiger charge is -2.17. The molecule has 1 unspecified atom stereocenters. The van der Waals surface area contributed by atoms with E-state index in [9.17, 15) is 13.6 Å². The number of carbonyl (C=O) groups excluding carboxylic acids is 1. The van der Waals surface area contributed by atoms with Crippen molar-refractivity contribution >= 4 is 11.6 Å². The van der Waals surface area contributed by atoms with Crippen molar-refractivity contribution in [1.29, 1.82) is 0 Å². The van der Waals surface area contributed by atoms with E-state index in [0.717, 1.165) is 24.2 Å². The van der Waals surface area contributed by atoms with Crippen LogP contribution in [0.4, 0.5) is 14.5 Å². The minimum absolute atomic E-state index is 0.124. The van der Waals surface area contributed by atoms with Gasteiger partial charge in [-0.05, 0) is 36.8 Å². The second-order valence-electron chi connectivity index (χ2n) is 5.25. The van der Waals surface area contributed by atoms with Crippen molar-refractivity contribution in [3.63, 3.8) is 0 Å². The van der Waals surface area contributed by atoms with Crippen LogP contribution >= 0.6 is 0 Å². The third-order valence-electron chi connectivity index (χ3n) is 3.67. The van der Waals surface area contributed by atoms with E-state index >= 15 is 0 Å². The molecular weight excluding hydrogens is 288 g/mol. The number of hydrogen-bond donors (Lipinski definition) is 1. The first-order valence-electron chi connectivity index (χ1n) is 7.04. The molecule has 0 bridgehead atoms. The van der Waals surface area contributed by atoms with Crippen molar-refractivity contribution in [3.05, 3.63) is 59.9 Å². The average Bonchev–Trinajstić information content (AvgIpc) is 2.99. The van der Waals surface area contributed by atoms with Crippen molar-refractivity contribution in [1.82, 2.24) is 9.88 Å². The van der Waals surface area contributed by atoms with Gasteiger partial charge in [0.25, 0.3) is 5.91 Å². The van der Waals surface area contributed by atoms with Crippen molar-refractivity contribution in [3.8, 4) is 0 Å². The molecule has 1 aromatic carbocycles. The average molecular weight is 303 g/mol. The molecule has 22 heavy (non-hydrogen) atoms. The Balaban J connectivity index is 1.64. The number of rotatable bonds is 3. The maximum absolute atomic E-state index is 13.2. The second-order valence-corrected chi connectivity index (χ2v) is 5.25. The molecule has 1 aliphatic heterocycles. The number of likely N-dealkylation sites (tertiary alicyclic amines) is 1. The highest BCUT2D eigenvalue weighted by molar-refractivity contribution is 5.94. The number of aromatic nitrogens is 1. The normalized spacial score (nSPS) is 17.5. The first-order valence-corrected chi connectivity index (χ1v) is 7.04. The van der Waals surface area contributed by atoms with Crippen LogP contribution in [0.25, 0.3) is 0 Å². The topological polar surface area (TPSA) is 45.2 Å². The number of benzene rings is 1. The van der Waals surface area contributed by atoms with Crippen LogP contribution in [0, 0.1) is 11.6 Å². The molecular formula is C16H15F2N3O. The van der Waals surface area contributed by atoms with Crippen LogP contribution in [0.15, 0.2) is 42.7 Å². The molecule has 4 nitrogen and oxygen atoms in total. The van der Waals surface area contributed by atoms with Crippen LogP contribution in [0.1, 0.15) is 16.8 Å². The number of hydrogen-bond acceptors (Lipinski definition) is 3. The second kappa shape index (κ2) is 6.09. The van der Waals surface area contributed by atoms with Crippen molar-refractivity contribution in [2.24, 2.45) is 0 Å². The van der Waals surface area contributed by atoms with Gasteiger partial charge in [0.2, 0.25) is 0 Å². The molecule has 1 amide bonds. The molecule has 1 atom stereocenters. The summed E-state index contributed by atoms with van der Waals surface area (Å²) < 4.78 is 26.2. The maximum Gasteiger partial charge on any atom is 0.254 e. The minimum Gasteiger partial charge on any atom is -0.379 e. The summed E-state index contributed by atoms with van der Waals surface area (Å²) in [5, 5.41) is 3.31. The van der Waals surface area contributed by atoms with Gasteiger partial charge in [0.1, 0.15) is 0 Å². The SMILES string of the molecule is O=C(c1ccc(F)c(F)c1)N1CCC(Nc2cccnc2)C1. The first kappa shape index (κ1) is 14.4. The van der Waals surface area contributed by atoms with E-state index in [0.29, 0.717) is 13.1 Å². The van der Waals surface area contributed by atoms with Gasteiger partial charge in [-0.15, -0.1) is 0 Å². The summed E-state index contributed by atoms with van der Waals surface area (Å²) in [6, 6.07) is 7.10. The summed E-state index contributed by atoms with van der Waals surface area (Å²) in [6.45, 7) is 1.10. The molecule has 114 valence electrons. The Morgan fingerprint density at radius 3 is 2.86 bits per heavy atom. The van der Waals surface area contributed by atoms with Crippen LogP contribution in [0.5, 0.6) is 0 Å². The zero-order valence-corrected chi connectivity index (χ0v) is 11.8. The number of amides is 1. The monoisotopic (exact) mass is 303 g/mol. The van der Waals surface area contributed by atoms with Crippen LogP contribution < -0.4 is 5.32 Å². The first-order chi connectivity index (χ1) is 10.6. The fourth-order valence-electron chi connectivity index (χ4n) is 2.56. The van der Waals surface area contributed by atoms with Crippen LogP contribution in [-0.2, 0) is 0 Å². The molecule has 0 radical (unpaired) electrons. The Hall–Kier alpha value is -2.50. The Morgan fingerprint density at radius 2 is 2.14 bits per heavy atom. The zero-order chi connectivity index (χ0) is 15.5. The fraction of sp³-hybridized carbons (Fsp3) is 0.250. The third-order valence-corrected chi connectivity index (χ3v) is 3.67. The predicted molar refractivity (Wildman–Crippen MR) is 78.5 cm³/mol. The molecule has 3 rings (SSSR count). The van der Waals surface area contributed by atoms with E-state index in [2.05, 4.69) is 10.3 Å². The van der Waals surface area contributed by atoms with Gasteiger partial charge in [0.15, 0.2) is 11.6 Å². The summed E-state index contributed by atoms with van der Waals surface area (Å²) >= 11 is 0. The van der Waals surface area contributed by atoms with Crippen molar-refractivity contribution in [2.75, 3.05) is 18.4 Å². The zero-order valence-electron chi connectivity index (χ0n) is 11.8. The van der Waals surface area contributed by atoms with Gasteiger partial charge in [-0.25, -0.2) is 8.78 Å². The number of pyridine rings is 1. The molecule has 2 aromatic rings. The minimum atomic E-state index is -1.00. The lowest BCUT2D eigenvalue weighted by molar-refractivity contribution is 0.0791. The molecule has 1 aliphatic rings. The highest BCUT2D eigenvalue weighted by Crippen LogP contribution is 2.18. The standard InChI is InChI=1S/C16H15F2N3O/c17-14-4-3-11(8-15(14)18)16(22)21-7-5-13(10-21)20-12-2-1-6-19-9-12/h1-4,6,8-9,13,20H,5,7,10H2. The van der Waals surface area contributed by atoms with E-state index in [1.165, 1.54) is 6.07 Å². The molecule has 0 saturated carbocycles. The van der Waals surface area contributed by atoms with Gasteiger partial charge in [-0.3, -0.25) is 9.78 Å². The molecule has 0 aliphatic carbocycles. The summed E-state index contributed by atoms with van der Waals surface area (Å²) in [6.07, 6.45) is 4.21. The van der Waals surface area contributed by atoms with Gasteiger partial charge in [0.05, 0.1) is 5.69 Å². The Kier molecular flexibility index (Phi) is 4.00. The van der Waals surface area contributed by atoms with Crippen LogP contribution in [-0.4, -0.2) is 34.9 Å². The molecule has 1 saturated heterocycles. The summed E-state index contributed by atoms with van der Waals surface area (Å²) in [5.74, 6) is -2.24. The number of carbonyl (C=O) groups is 1. The summed E-state index contributed by atoms with van der Waals surface area (Å²) in [5.41, 5.74) is 1.07. The number of halogens is 2. The van der Waals surface area contributed by atoms with E-state index in [4.69, 9.17) is 0 Å². The Labute approximate surface area is 126 Å². The molecule has 2 heterocycles. The van der Waals surface area contributed by atoms with E-state index in [1.807, 2.05) is 12.1 Å². The maximum atomic E-state index is 13.2. The number of nitrogens with zero attached hydrogens (tertiary/aromatic N) is 2.